The minimum absolute atomic E-state index is 0.0401. The molecule has 0 bridgehead atoms. The number of benzene rings is 1. The van der Waals surface area contributed by atoms with Crippen molar-refractivity contribution in [2.45, 2.75) is 43.6 Å². The van der Waals surface area contributed by atoms with E-state index in [-0.39, 0.29) is 22.6 Å². The first-order chi connectivity index (χ1) is 12.9. The highest BCUT2D eigenvalue weighted by molar-refractivity contribution is 7.99. The molecule has 4 nitrogen and oxygen atoms in total. The van der Waals surface area contributed by atoms with E-state index >= 15 is 0 Å². The largest absolute Gasteiger partial charge is 0.490 e. The van der Waals surface area contributed by atoms with Crippen molar-refractivity contribution >= 4 is 17.7 Å². The summed E-state index contributed by atoms with van der Waals surface area (Å²) >= 11 is 0.306. The van der Waals surface area contributed by atoms with Gasteiger partial charge in [-0.3, -0.25) is 4.79 Å². The Morgan fingerprint density at radius 1 is 1.26 bits per heavy atom. The number of ether oxygens (including phenoxy) is 1. The average Bonchev–Trinajstić information content (AvgIpc) is 2.65. The molecular weight excluding hydrogens is 370 g/mol. The van der Waals surface area contributed by atoms with E-state index in [1.54, 1.807) is 17.0 Å². The lowest BCUT2D eigenvalue weighted by Crippen LogP contribution is -2.42. The molecule has 1 amide bonds. The monoisotopic (exact) mass is 392 g/mol. The van der Waals surface area contributed by atoms with E-state index in [9.17, 15) is 13.6 Å². The lowest BCUT2D eigenvalue weighted by Gasteiger charge is -2.32. The number of hydrogen-bond donors (Lipinski definition) is 0. The molecule has 1 aliphatic rings. The molecule has 27 heavy (non-hydrogen) atoms. The standard InChI is InChI=1S/C20H22F2N2O2S/c1-13-5-6-14(2)17(12-13)26-15-7-10-24(11-8-15)19(25)16-4-3-9-23-18(16)27-20(21)22/h3-6,9,12,15,20H,7-8,10-11H2,1-2H3. The second kappa shape index (κ2) is 8.69. The Morgan fingerprint density at radius 3 is 2.70 bits per heavy atom. The molecule has 0 spiro atoms. The summed E-state index contributed by atoms with van der Waals surface area (Å²) in [5, 5.41) is 0.0752. The first kappa shape index (κ1) is 19.6. The van der Waals surface area contributed by atoms with E-state index in [1.165, 1.54) is 6.20 Å². The van der Waals surface area contributed by atoms with Crippen LogP contribution in [0.1, 0.15) is 34.3 Å². The van der Waals surface area contributed by atoms with E-state index in [4.69, 9.17) is 4.74 Å². The molecule has 1 fully saturated rings. The van der Waals surface area contributed by atoms with Gasteiger partial charge in [0.15, 0.2) is 0 Å². The molecule has 0 unspecified atom stereocenters. The number of thioether (sulfide) groups is 1. The van der Waals surface area contributed by atoms with Crippen LogP contribution >= 0.6 is 11.8 Å². The molecule has 2 aromatic rings. The summed E-state index contributed by atoms with van der Waals surface area (Å²) in [6, 6.07) is 9.26. The summed E-state index contributed by atoms with van der Waals surface area (Å²) in [4.78, 5) is 18.4. The Balaban J connectivity index is 1.62. The number of rotatable bonds is 5. The van der Waals surface area contributed by atoms with Crippen molar-refractivity contribution in [3.63, 3.8) is 0 Å². The smallest absolute Gasteiger partial charge is 0.290 e. The fourth-order valence-electron chi connectivity index (χ4n) is 3.09. The van der Waals surface area contributed by atoms with Gasteiger partial charge in [-0.2, -0.15) is 8.78 Å². The molecule has 1 saturated heterocycles. The van der Waals surface area contributed by atoms with Gasteiger partial charge in [0.2, 0.25) is 0 Å². The fourth-order valence-corrected chi connectivity index (χ4v) is 3.67. The minimum atomic E-state index is -2.61. The van der Waals surface area contributed by atoms with E-state index in [1.807, 2.05) is 32.0 Å². The second-order valence-electron chi connectivity index (χ2n) is 6.61. The maximum atomic E-state index is 12.8. The van der Waals surface area contributed by atoms with Gasteiger partial charge in [-0.25, -0.2) is 4.98 Å². The van der Waals surface area contributed by atoms with Gasteiger partial charge in [0.25, 0.3) is 11.7 Å². The number of aryl methyl sites for hydroxylation is 2. The van der Waals surface area contributed by atoms with Crippen molar-refractivity contribution in [2.24, 2.45) is 0 Å². The van der Waals surface area contributed by atoms with Gasteiger partial charge < -0.3 is 9.64 Å². The van der Waals surface area contributed by atoms with Crippen LogP contribution in [0.15, 0.2) is 41.6 Å². The fraction of sp³-hybridized carbons (Fsp3) is 0.400. The van der Waals surface area contributed by atoms with Gasteiger partial charge in [-0.1, -0.05) is 12.1 Å². The molecular formula is C20H22F2N2O2S. The normalized spacial score (nSPS) is 15.2. The second-order valence-corrected chi connectivity index (χ2v) is 7.59. The Bertz CT molecular complexity index is 808. The zero-order valence-corrected chi connectivity index (χ0v) is 16.1. The third-order valence-electron chi connectivity index (χ3n) is 4.57. The number of likely N-dealkylation sites (tertiary alicyclic amines) is 1. The maximum Gasteiger partial charge on any atom is 0.290 e. The predicted molar refractivity (Wildman–Crippen MR) is 102 cm³/mol. The molecule has 0 aliphatic carbocycles. The highest BCUT2D eigenvalue weighted by Gasteiger charge is 2.27. The number of pyridine rings is 1. The van der Waals surface area contributed by atoms with Crippen molar-refractivity contribution in [1.82, 2.24) is 9.88 Å². The average molecular weight is 392 g/mol. The zero-order chi connectivity index (χ0) is 19.4. The molecule has 0 atom stereocenters. The number of hydrogen-bond acceptors (Lipinski definition) is 4. The lowest BCUT2D eigenvalue weighted by molar-refractivity contribution is 0.0590. The van der Waals surface area contributed by atoms with Crippen LogP contribution in [-0.4, -0.2) is 40.7 Å². The van der Waals surface area contributed by atoms with E-state index in [0.29, 0.717) is 37.7 Å². The number of aromatic nitrogens is 1. The van der Waals surface area contributed by atoms with Crippen LogP contribution in [0.2, 0.25) is 0 Å². The molecule has 1 aromatic heterocycles. The Labute approximate surface area is 161 Å². The van der Waals surface area contributed by atoms with Crippen molar-refractivity contribution in [3.8, 4) is 5.75 Å². The number of nitrogens with zero attached hydrogens (tertiary/aromatic N) is 2. The van der Waals surface area contributed by atoms with Gasteiger partial charge in [0.1, 0.15) is 16.9 Å². The molecule has 1 aliphatic heterocycles. The molecule has 144 valence electrons. The van der Waals surface area contributed by atoms with Gasteiger partial charge in [0.05, 0.1) is 5.56 Å². The van der Waals surface area contributed by atoms with E-state index in [0.717, 1.165) is 16.9 Å². The lowest BCUT2D eigenvalue weighted by atomic mass is 10.1. The van der Waals surface area contributed by atoms with Crippen LogP contribution in [0.25, 0.3) is 0 Å². The number of piperidine rings is 1. The molecule has 7 heteroatoms. The minimum Gasteiger partial charge on any atom is -0.490 e. The van der Waals surface area contributed by atoms with Crippen molar-refractivity contribution < 1.29 is 18.3 Å². The molecule has 0 radical (unpaired) electrons. The van der Waals surface area contributed by atoms with E-state index in [2.05, 4.69) is 4.98 Å². The summed E-state index contributed by atoms with van der Waals surface area (Å²) in [6.45, 7) is 5.10. The summed E-state index contributed by atoms with van der Waals surface area (Å²) in [7, 11) is 0. The Kier molecular flexibility index (Phi) is 6.31. The molecule has 1 aromatic carbocycles. The van der Waals surface area contributed by atoms with Crippen LogP contribution < -0.4 is 4.74 Å². The van der Waals surface area contributed by atoms with Crippen LogP contribution in [0.4, 0.5) is 8.78 Å². The maximum absolute atomic E-state index is 12.8. The Hall–Kier alpha value is -2.15. The quantitative estimate of drug-likeness (QED) is 0.692. The van der Waals surface area contributed by atoms with Gasteiger partial charge >= 0.3 is 0 Å². The molecule has 2 heterocycles. The molecule has 0 N–H and O–H groups in total. The summed E-state index contributed by atoms with van der Waals surface area (Å²) in [5.41, 5.74) is 2.46. The number of halogens is 2. The zero-order valence-electron chi connectivity index (χ0n) is 15.3. The third-order valence-corrected chi connectivity index (χ3v) is 5.30. The van der Waals surface area contributed by atoms with Crippen LogP contribution in [0.5, 0.6) is 5.75 Å². The topological polar surface area (TPSA) is 42.4 Å². The van der Waals surface area contributed by atoms with Crippen LogP contribution in [0.3, 0.4) is 0 Å². The number of alkyl halides is 2. The SMILES string of the molecule is Cc1ccc(C)c(OC2CCN(C(=O)c3cccnc3SC(F)F)CC2)c1. The van der Waals surface area contributed by atoms with Crippen molar-refractivity contribution in [3.05, 3.63) is 53.2 Å². The summed E-state index contributed by atoms with van der Waals surface area (Å²) in [5.74, 6) is -1.98. The van der Waals surface area contributed by atoms with Crippen molar-refractivity contribution in [1.29, 1.82) is 0 Å². The van der Waals surface area contributed by atoms with Gasteiger partial charge in [-0.05, 0) is 54.9 Å². The summed E-state index contributed by atoms with van der Waals surface area (Å²) in [6.07, 6.45) is 2.87. The number of amides is 1. The molecule has 3 rings (SSSR count). The first-order valence-electron chi connectivity index (χ1n) is 8.87. The number of carbonyl (C=O) groups is 1. The molecule has 0 saturated carbocycles. The van der Waals surface area contributed by atoms with Gasteiger partial charge in [0, 0.05) is 32.1 Å². The van der Waals surface area contributed by atoms with Gasteiger partial charge in [-0.15, -0.1) is 0 Å². The van der Waals surface area contributed by atoms with Crippen LogP contribution in [-0.2, 0) is 0 Å². The van der Waals surface area contributed by atoms with Crippen LogP contribution in [0, 0.1) is 13.8 Å². The Morgan fingerprint density at radius 2 is 2.00 bits per heavy atom. The predicted octanol–water partition coefficient (Wildman–Crippen LogP) is 4.70. The van der Waals surface area contributed by atoms with Crippen molar-refractivity contribution in [2.75, 3.05) is 13.1 Å². The highest BCUT2D eigenvalue weighted by atomic mass is 32.2. The number of carbonyl (C=O) groups excluding carboxylic acids is 1. The van der Waals surface area contributed by atoms with E-state index < -0.39 is 5.76 Å². The third kappa shape index (κ3) is 4.97. The highest BCUT2D eigenvalue weighted by Crippen LogP contribution is 2.28. The first-order valence-corrected chi connectivity index (χ1v) is 9.75. The summed E-state index contributed by atoms with van der Waals surface area (Å²) < 4.78 is 31.5.